The van der Waals surface area contributed by atoms with Crippen molar-refractivity contribution in [2.75, 3.05) is 20.0 Å². The highest BCUT2D eigenvalue weighted by Crippen LogP contribution is 2.53. The summed E-state index contributed by atoms with van der Waals surface area (Å²) < 4.78 is 152. The number of halogens is 10. The third kappa shape index (κ3) is 6.73. The second kappa shape index (κ2) is 12.1. The van der Waals surface area contributed by atoms with Gasteiger partial charge in [0.1, 0.15) is 6.10 Å². The van der Waals surface area contributed by atoms with E-state index in [4.69, 9.17) is 14.6 Å². The van der Waals surface area contributed by atoms with E-state index in [1.165, 1.54) is 0 Å². The second-order valence-corrected chi connectivity index (χ2v) is 9.30. The van der Waals surface area contributed by atoms with Crippen molar-refractivity contribution in [1.82, 2.24) is 0 Å². The zero-order valence-electron chi connectivity index (χ0n) is 21.5. The van der Waals surface area contributed by atoms with Gasteiger partial charge < -0.3 is 39.0 Å². The van der Waals surface area contributed by atoms with E-state index in [1.54, 1.807) is 27.7 Å². The molecule has 2 rings (SSSR count). The fraction of sp³-hybridized carbons (Fsp3) is 1.00. The number of aliphatic hydroxyl groups excluding tert-OH is 1. The molecule has 0 aromatic carbocycles. The van der Waals surface area contributed by atoms with Gasteiger partial charge in [-0.3, -0.25) is 0 Å². The Morgan fingerprint density at radius 3 is 1.72 bits per heavy atom. The quantitative estimate of drug-likeness (QED) is 0.360. The Bertz CT molecular complexity index is 798. The van der Waals surface area contributed by atoms with Crippen molar-refractivity contribution in [2.24, 2.45) is 0 Å². The molecule has 7 atom stereocenters. The van der Waals surface area contributed by atoms with Crippen molar-refractivity contribution < 1.29 is 82.9 Å². The summed E-state index contributed by atoms with van der Waals surface area (Å²) in [6.45, 7) is 4.74. The van der Waals surface area contributed by atoms with Crippen LogP contribution in [-0.4, -0.2) is 101 Å². The van der Waals surface area contributed by atoms with Crippen LogP contribution in [0.3, 0.4) is 0 Å². The predicted octanol–water partition coefficient (Wildman–Crippen LogP) is 3.90. The van der Waals surface area contributed by atoms with Crippen molar-refractivity contribution in [1.29, 1.82) is 0 Å². The summed E-state index contributed by atoms with van der Waals surface area (Å²) in [6.07, 6.45) is -16.0. The van der Waals surface area contributed by atoms with Crippen LogP contribution in [0.2, 0.25) is 0 Å². The van der Waals surface area contributed by atoms with Crippen LogP contribution in [0.4, 0.5) is 43.9 Å². The lowest BCUT2D eigenvalue weighted by Gasteiger charge is -2.49. The highest BCUT2D eigenvalue weighted by molar-refractivity contribution is 5.06. The largest absolute Gasteiger partial charge is 0.449 e. The Balaban J connectivity index is 0.000000391. The molecule has 234 valence electrons. The van der Waals surface area contributed by atoms with Crippen LogP contribution in [0.1, 0.15) is 47.5 Å². The summed E-state index contributed by atoms with van der Waals surface area (Å²) in [5.41, 5.74) is -2.65. The van der Waals surface area contributed by atoms with Crippen LogP contribution in [-0.2, 0) is 23.7 Å². The SMILES string of the molecule is CCC(C)OCC1(C)OCOC(O)(C(F)(F)F)C1(F)F.CCC(C)OCC1OC(O)(C(F)(F)F)C(F)(F)C1O. The first-order valence-corrected chi connectivity index (χ1v) is 11.6. The van der Waals surface area contributed by atoms with Crippen molar-refractivity contribution in [2.45, 2.75) is 113 Å². The number of hydrogen-bond acceptors (Lipinski definition) is 8. The zero-order valence-corrected chi connectivity index (χ0v) is 21.5. The molecular weight excluding hydrogens is 570 g/mol. The Labute approximate surface area is 217 Å². The monoisotopic (exact) mass is 602 g/mol. The molecule has 18 heteroatoms. The summed E-state index contributed by atoms with van der Waals surface area (Å²) in [4.78, 5) is 0. The van der Waals surface area contributed by atoms with Gasteiger partial charge in [-0.2, -0.15) is 43.9 Å². The van der Waals surface area contributed by atoms with Crippen LogP contribution in [0.25, 0.3) is 0 Å². The summed E-state index contributed by atoms with van der Waals surface area (Å²) in [7, 11) is 0. The van der Waals surface area contributed by atoms with E-state index in [2.05, 4.69) is 14.2 Å². The highest BCUT2D eigenvalue weighted by Gasteiger charge is 2.80. The summed E-state index contributed by atoms with van der Waals surface area (Å²) >= 11 is 0. The molecule has 0 amide bonds. The van der Waals surface area contributed by atoms with E-state index in [-0.39, 0.29) is 0 Å². The minimum absolute atomic E-state index is 0.399. The summed E-state index contributed by atoms with van der Waals surface area (Å²) in [5.74, 6) is -18.9. The van der Waals surface area contributed by atoms with E-state index < -0.39 is 85.8 Å². The van der Waals surface area contributed by atoms with Crippen LogP contribution in [0.15, 0.2) is 0 Å². The first-order valence-electron chi connectivity index (χ1n) is 11.6. The van der Waals surface area contributed by atoms with Gasteiger partial charge in [0, 0.05) is 0 Å². The number of ether oxygens (including phenoxy) is 5. The van der Waals surface area contributed by atoms with Gasteiger partial charge in [0.05, 0.1) is 25.4 Å². The van der Waals surface area contributed by atoms with E-state index in [9.17, 15) is 54.1 Å². The molecule has 0 radical (unpaired) electrons. The highest BCUT2D eigenvalue weighted by atomic mass is 19.4. The van der Waals surface area contributed by atoms with Crippen molar-refractivity contribution in [3.05, 3.63) is 0 Å². The molecule has 0 saturated carbocycles. The lowest BCUT2D eigenvalue weighted by atomic mass is 9.89. The molecule has 0 aromatic rings. The Morgan fingerprint density at radius 1 is 0.846 bits per heavy atom. The molecule has 0 spiro atoms. The maximum absolute atomic E-state index is 14.1. The van der Waals surface area contributed by atoms with Crippen LogP contribution < -0.4 is 0 Å². The fourth-order valence-electron chi connectivity index (χ4n) is 3.15. The molecule has 39 heavy (non-hydrogen) atoms. The Morgan fingerprint density at radius 2 is 1.31 bits per heavy atom. The first-order chi connectivity index (χ1) is 17.4. The summed E-state index contributed by atoms with van der Waals surface area (Å²) in [5, 5.41) is 27.5. The molecule has 2 heterocycles. The van der Waals surface area contributed by atoms with Gasteiger partial charge in [-0.1, -0.05) is 13.8 Å². The number of aliphatic hydroxyl groups is 3. The molecule has 2 aliphatic rings. The van der Waals surface area contributed by atoms with Gasteiger partial charge >= 0.3 is 35.8 Å². The van der Waals surface area contributed by atoms with Gasteiger partial charge in [0.15, 0.2) is 18.5 Å². The Hall–Kier alpha value is -1.02. The lowest BCUT2D eigenvalue weighted by molar-refractivity contribution is -0.502. The third-order valence-corrected chi connectivity index (χ3v) is 6.34. The van der Waals surface area contributed by atoms with E-state index in [0.29, 0.717) is 12.8 Å². The lowest BCUT2D eigenvalue weighted by Crippen LogP contribution is -2.74. The van der Waals surface area contributed by atoms with E-state index >= 15 is 0 Å². The smallest absolute Gasteiger partial charge is 0.384 e. The van der Waals surface area contributed by atoms with Crippen LogP contribution in [0.5, 0.6) is 0 Å². The van der Waals surface area contributed by atoms with Crippen LogP contribution >= 0.6 is 0 Å². The van der Waals surface area contributed by atoms with Gasteiger partial charge in [-0.25, -0.2) is 0 Å². The minimum Gasteiger partial charge on any atom is -0.384 e. The molecule has 7 unspecified atom stereocenters. The van der Waals surface area contributed by atoms with E-state index in [1.807, 2.05) is 0 Å². The minimum atomic E-state index is -5.73. The second-order valence-electron chi connectivity index (χ2n) is 9.30. The third-order valence-electron chi connectivity index (χ3n) is 6.34. The molecular formula is C21H32F10O8. The molecule has 2 saturated heterocycles. The topological polar surface area (TPSA) is 107 Å². The average molecular weight is 602 g/mol. The van der Waals surface area contributed by atoms with Gasteiger partial charge in [-0.15, -0.1) is 0 Å². The normalized spacial score (nSPS) is 36.2. The summed E-state index contributed by atoms with van der Waals surface area (Å²) in [6, 6.07) is 0. The van der Waals surface area contributed by atoms with Crippen molar-refractivity contribution in [3.8, 4) is 0 Å². The predicted molar refractivity (Wildman–Crippen MR) is 110 cm³/mol. The number of hydrogen-bond donors (Lipinski definition) is 3. The molecule has 8 nitrogen and oxygen atoms in total. The van der Waals surface area contributed by atoms with E-state index in [0.717, 1.165) is 6.92 Å². The molecule has 2 aliphatic heterocycles. The fourth-order valence-corrected chi connectivity index (χ4v) is 3.15. The molecule has 0 bridgehead atoms. The average Bonchev–Trinajstić information content (AvgIpc) is 2.99. The molecule has 0 aliphatic carbocycles. The molecule has 3 N–H and O–H groups in total. The number of alkyl halides is 10. The first kappa shape index (κ1) is 36.0. The standard InChI is InChI=1S/C11H17F5O4.C10H15F5O4/c1-4-7(2)18-5-8(3)9(12,13)10(17,11(14,15)16)20-6-19-8;1-3-5(2)18-4-6-7(16)8(11,12)9(17,19-6)10(13,14)15/h7,17H,4-6H2,1-3H3;5-7,16-17H,3-4H2,1-2H3. The van der Waals surface area contributed by atoms with Crippen LogP contribution in [0, 0.1) is 0 Å². The maximum atomic E-state index is 14.1. The molecule has 0 aromatic heterocycles. The number of rotatable bonds is 8. The molecule has 2 fully saturated rings. The van der Waals surface area contributed by atoms with Gasteiger partial charge in [-0.05, 0) is 33.6 Å². The Kier molecular flexibility index (Phi) is 11.1. The van der Waals surface area contributed by atoms with Gasteiger partial charge in [0.2, 0.25) is 0 Å². The zero-order chi connectivity index (χ0) is 30.9. The van der Waals surface area contributed by atoms with Crippen molar-refractivity contribution in [3.63, 3.8) is 0 Å². The van der Waals surface area contributed by atoms with Gasteiger partial charge in [0.25, 0.3) is 0 Å². The maximum Gasteiger partial charge on any atom is 0.449 e. The van der Waals surface area contributed by atoms with Crippen molar-refractivity contribution >= 4 is 0 Å².